The molecular weight excluding hydrogens is 318 g/mol. The van der Waals surface area contributed by atoms with Crippen LogP contribution in [-0.4, -0.2) is 50.7 Å². The van der Waals surface area contributed by atoms with Crippen LogP contribution in [0.4, 0.5) is 0 Å². The molecule has 0 fully saturated rings. The molecule has 7 nitrogen and oxygen atoms in total. The van der Waals surface area contributed by atoms with Gasteiger partial charge in [0, 0.05) is 13.2 Å². The number of hydrogen-bond acceptors (Lipinski definition) is 5. The number of ether oxygens (including phenoxy) is 1. The molecule has 19 heavy (non-hydrogen) atoms. The molecule has 0 aliphatic heterocycles. The monoisotopic (exact) mass is 338 g/mol. The molecule has 0 aromatic rings. The first-order chi connectivity index (χ1) is 7.71. The van der Waals surface area contributed by atoms with Gasteiger partial charge >= 0.3 is 59.1 Å². The molecule has 0 bridgehead atoms. The van der Waals surface area contributed by atoms with Crippen molar-refractivity contribution in [2.75, 3.05) is 24.7 Å². The molecule has 0 rings (SSSR count). The van der Waals surface area contributed by atoms with Gasteiger partial charge in [0.15, 0.2) is 0 Å². The second-order valence-electron chi connectivity index (χ2n) is 3.60. The van der Waals surface area contributed by atoms with Crippen LogP contribution in [0.5, 0.6) is 0 Å². The van der Waals surface area contributed by atoms with Gasteiger partial charge in [-0.3, -0.25) is 9.11 Å². The van der Waals surface area contributed by atoms with E-state index in [2.05, 4.69) is 0 Å². The summed E-state index contributed by atoms with van der Waals surface area (Å²) >= 11 is 0. The first-order valence-corrected chi connectivity index (χ1v) is 8.40. The third-order valence-electron chi connectivity index (χ3n) is 1.88. The Balaban J connectivity index is -0.000000213. The Morgan fingerprint density at radius 3 is 1.32 bits per heavy atom. The molecule has 0 aromatic heterocycles. The molecule has 0 aliphatic rings. The van der Waals surface area contributed by atoms with Crippen LogP contribution in [0.15, 0.2) is 0 Å². The van der Waals surface area contributed by atoms with Crippen LogP contribution in [0.3, 0.4) is 0 Å². The Morgan fingerprint density at radius 1 is 0.737 bits per heavy atom. The summed E-state index contributed by atoms with van der Waals surface area (Å²) in [6.07, 6.45) is 1.67. The van der Waals surface area contributed by atoms with Gasteiger partial charge in [-0.15, -0.1) is 0 Å². The fourth-order valence-corrected chi connectivity index (χ4v) is 2.22. The van der Waals surface area contributed by atoms with Crippen molar-refractivity contribution >= 4 is 20.2 Å². The van der Waals surface area contributed by atoms with E-state index >= 15 is 0 Å². The van der Waals surface area contributed by atoms with Crippen LogP contribution in [0.2, 0.25) is 0 Å². The molecule has 108 valence electrons. The summed E-state index contributed by atoms with van der Waals surface area (Å²) in [4.78, 5) is 0. The van der Waals surface area contributed by atoms with Crippen molar-refractivity contribution in [1.29, 1.82) is 0 Å². The predicted octanol–water partition coefficient (Wildman–Crippen LogP) is -5.43. The predicted molar refractivity (Wildman–Crippen MR) is 64.3 cm³/mol. The average Bonchev–Trinajstić information content (AvgIpc) is 2.11. The van der Waals surface area contributed by atoms with Gasteiger partial charge in [0.25, 0.3) is 20.2 Å². The van der Waals surface area contributed by atoms with Gasteiger partial charge in [-0.2, -0.15) is 16.8 Å². The Morgan fingerprint density at radius 2 is 1.05 bits per heavy atom. The van der Waals surface area contributed by atoms with Crippen LogP contribution in [0.1, 0.15) is 28.5 Å². The van der Waals surface area contributed by atoms with E-state index in [0.717, 1.165) is 0 Å². The van der Waals surface area contributed by atoms with Crippen molar-refractivity contribution in [2.24, 2.45) is 0 Å². The van der Waals surface area contributed by atoms with Crippen molar-refractivity contribution in [3.8, 4) is 0 Å². The van der Waals surface area contributed by atoms with Crippen LogP contribution < -0.4 is 59.1 Å². The Hall–Kier alpha value is 1.78. The first-order valence-electron chi connectivity index (χ1n) is 5.19. The average molecular weight is 338 g/mol. The fourth-order valence-electron chi connectivity index (χ4n) is 1.08. The minimum absolute atomic E-state index is 0. The van der Waals surface area contributed by atoms with E-state index in [9.17, 15) is 16.8 Å². The molecule has 0 amide bonds. The zero-order chi connectivity index (χ0) is 13.4. The molecular formula is C8H20Na2O7S2. The largest absolute Gasteiger partial charge is 1.00 e. The summed E-state index contributed by atoms with van der Waals surface area (Å²) in [6.45, 7) is 0.725. The van der Waals surface area contributed by atoms with Gasteiger partial charge < -0.3 is 7.59 Å². The van der Waals surface area contributed by atoms with Crippen LogP contribution >= 0.6 is 0 Å². The summed E-state index contributed by atoms with van der Waals surface area (Å²) in [5.74, 6) is -0.557. The normalized spacial score (nSPS) is 11.5. The minimum atomic E-state index is -3.89. The van der Waals surface area contributed by atoms with E-state index in [0.29, 0.717) is 38.9 Å². The second-order valence-corrected chi connectivity index (χ2v) is 6.74. The minimum Gasteiger partial charge on any atom is -1.00 e. The van der Waals surface area contributed by atoms with E-state index in [4.69, 9.17) is 13.8 Å². The van der Waals surface area contributed by atoms with Gasteiger partial charge in [0.1, 0.15) is 0 Å². The van der Waals surface area contributed by atoms with E-state index in [1.165, 1.54) is 0 Å². The third-order valence-corrected chi connectivity index (χ3v) is 3.49. The molecule has 11 heteroatoms. The van der Waals surface area contributed by atoms with Gasteiger partial charge in [0.05, 0.1) is 11.5 Å². The summed E-state index contributed by atoms with van der Waals surface area (Å²) in [5, 5.41) is 0. The summed E-state index contributed by atoms with van der Waals surface area (Å²) in [7, 11) is -7.78. The topological polar surface area (TPSA) is 118 Å². The van der Waals surface area contributed by atoms with Crippen molar-refractivity contribution in [3.63, 3.8) is 0 Å². The molecule has 2 N–H and O–H groups in total. The molecule has 0 radical (unpaired) electrons. The Bertz CT molecular complexity index is 365. The number of unbranched alkanes of at least 4 members (excludes halogenated alkanes) is 2. The van der Waals surface area contributed by atoms with Gasteiger partial charge in [0.2, 0.25) is 0 Å². The van der Waals surface area contributed by atoms with E-state index in [-0.39, 0.29) is 73.5 Å². The Labute approximate surface area is 161 Å². The zero-order valence-electron chi connectivity index (χ0n) is 13.4. The molecule has 0 unspecified atom stereocenters. The Kier molecular flexibility index (Phi) is 18.2. The molecule has 0 saturated carbocycles. The number of hydrogen-bond donors (Lipinski definition) is 2. The van der Waals surface area contributed by atoms with Crippen LogP contribution in [-0.2, 0) is 25.0 Å². The zero-order valence-corrected chi connectivity index (χ0v) is 17.0. The van der Waals surface area contributed by atoms with Gasteiger partial charge in [-0.25, -0.2) is 0 Å². The molecule has 0 aliphatic carbocycles. The van der Waals surface area contributed by atoms with Crippen LogP contribution in [0, 0.1) is 0 Å². The SMILES string of the molecule is O=S(=O)(O)CCCCOCCCCS(=O)(=O)O.[H-].[H-].[Na+].[Na+]. The first kappa shape index (κ1) is 25.7. The van der Waals surface area contributed by atoms with E-state index in [1.54, 1.807) is 0 Å². The number of rotatable bonds is 10. The van der Waals surface area contributed by atoms with Gasteiger partial charge in [-0.1, -0.05) is 0 Å². The smallest absolute Gasteiger partial charge is 1.00 e. The maximum atomic E-state index is 10.3. The molecule has 0 atom stereocenters. The summed E-state index contributed by atoms with van der Waals surface area (Å²) in [5.41, 5.74) is 0. The quantitative estimate of drug-likeness (QED) is 0.232. The van der Waals surface area contributed by atoms with Crippen molar-refractivity contribution < 1.29 is 92.6 Å². The van der Waals surface area contributed by atoms with Crippen LogP contribution in [0.25, 0.3) is 0 Å². The fraction of sp³-hybridized carbons (Fsp3) is 1.00. The third kappa shape index (κ3) is 25.1. The summed E-state index contributed by atoms with van der Waals surface area (Å²) in [6, 6.07) is 0. The van der Waals surface area contributed by atoms with E-state index in [1.807, 2.05) is 0 Å². The molecule has 0 aromatic carbocycles. The standard InChI is InChI=1S/C8H18O7S2.2Na.2H/c9-16(10,11)7-3-1-5-15-6-2-4-8-17(12,13)14;;;;/h1-8H2,(H,9,10,11)(H,12,13,14);;;;/q;2*+1;2*-1. The van der Waals surface area contributed by atoms with Crippen molar-refractivity contribution in [3.05, 3.63) is 0 Å². The molecule has 0 saturated heterocycles. The van der Waals surface area contributed by atoms with Gasteiger partial charge in [-0.05, 0) is 25.7 Å². The van der Waals surface area contributed by atoms with Crippen molar-refractivity contribution in [1.82, 2.24) is 0 Å². The molecule has 0 heterocycles. The second kappa shape index (κ2) is 13.4. The maximum absolute atomic E-state index is 10.3. The maximum Gasteiger partial charge on any atom is 1.00 e. The van der Waals surface area contributed by atoms with Crippen molar-refractivity contribution in [2.45, 2.75) is 25.7 Å². The molecule has 0 spiro atoms. The summed E-state index contributed by atoms with van der Waals surface area (Å²) < 4.78 is 63.3. The van der Waals surface area contributed by atoms with E-state index < -0.39 is 20.2 Å².